The van der Waals surface area contributed by atoms with Crippen LogP contribution in [0.4, 0.5) is 0 Å². The summed E-state index contributed by atoms with van der Waals surface area (Å²) < 4.78 is 3.78. The summed E-state index contributed by atoms with van der Waals surface area (Å²) >= 11 is 0. The Balaban J connectivity index is 1.28. The summed E-state index contributed by atoms with van der Waals surface area (Å²) in [5.41, 5.74) is 4.11. The predicted octanol–water partition coefficient (Wildman–Crippen LogP) is 3.68. The van der Waals surface area contributed by atoms with E-state index in [1.54, 1.807) is 24.9 Å². The zero-order valence-corrected chi connectivity index (χ0v) is 17.2. The van der Waals surface area contributed by atoms with Gasteiger partial charge in [-0.3, -0.25) is 9.36 Å². The number of amides is 1. The molecule has 0 saturated carbocycles. The molecule has 1 amide bonds. The van der Waals surface area contributed by atoms with Gasteiger partial charge in [-0.2, -0.15) is 5.10 Å². The molecule has 0 radical (unpaired) electrons. The van der Waals surface area contributed by atoms with Crippen LogP contribution in [0, 0.1) is 0 Å². The molecular weight excluding hydrogens is 390 g/mol. The minimum absolute atomic E-state index is 0.184. The molecule has 31 heavy (non-hydrogen) atoms. The quantitative estimate of drug-likeness (QED) is 0.476. The molecule has 0 aliphatic carbocycles. The number of carbonyl (C=O) groups is 1. The summed E-state index contributed by atoms with van der Waals surface area (Å²) in [7, 11) is 0. The van der Waals surface area contributed by atoms with Gasteiger partial charge < -0.3 is 5.32 Å². The number of nitrogens with zero attached hydrogens (tertiary/aromatic N) is 6. The van der Waals surface area contributed by atoms with Gasteiger partial charge in [0.1, 0.15) is 12.1 Å². The number of hydrogen-bond donors (Lipinski definition) is 1. The van der Waals surface area contributed by atoms with E-state index in [1.165, 1.54) is 0 Å². The van der Waals surface area contributed by atoms with Gasteiger partial charge in [-0.15, -0.1) is 0 Å². The fourth-order valence-corrected chi connectivity index (χ4v) is 3.53. The van der Waals surface area contributed by atoms with Gasteiger partial charge in [0.2, 0.25) is 0 Å². The second-order valence-corrected chi connectivity index (χ2v) is 7.63. The number of carbonyl (C=O) groups excluding carboxylic acids is 1. The van der Waals surface area contributed by atoms with E-state index < -0.39 is 0 Å². The van der Waals surface area contributed by atoms with Crippen molar-refractivity contribution in [1.82, 2.24) is 34.6 Å². The molecule has 0 unspecified atom stereocenters. The molecule has 0 saturated heterocycles. The molecule has 0 atom stereocenters. The van der Waals surface area contributed by atoms with Gasteiger partial charge in [0.25, 0.3) is 5.91 Å². The molecule has 5 rings (SSSR count). The van der Waals surface area contributed by atoms with Crippen molar-refractivity contribution in [2.45, 2.75) is 26.4 Å². The molecule has 1 N–H and O–H groups in total. The van der Waals surface area contributed by atoms with Gasteiger partial charge in [-0.05, 0) is 43.7 Å². The second-order valence-electron chi connectivity index (χ2n) is 7.63. The summed E-state index contributed by atoms with van der Waals surface area (Å²) in [6.07, 6.45) is 6.85. The van der Waals surface area contributed by atoms with Crippen molar-refractivity contribution in [2.75, 3.05) is 0 Å². The molecule has 154 valence electrons. The average Bonchev–Trinajstić information content (AvgIpc) is 3.42. The summed E-state index contributed by atoms with van der Waals surface area (Å²) in [5, 5.41) is 8.12. The van der Waals surface area contributed by atoms with Crippen LogP contribution in [-0.2, 0) is 6.54 Å². The van der Waals surface area contributed by atoms with Gasteiger partial charge in [0.05, 0.1) is 22.8 Å². The molecule has 0 spiro atoms. The van der Waals surface area contributed by atoms with E-state index >= 15 is 0 Å². The summed E-state index contributed by atoms with van der Waals surface area (Å²) in [6.45, 7) is 4.47. The molecule has 5 aromatic rings. The fraction of sp³-hybridized carbons (Fsp3) is 0.174. The molecule has 4 aromatic heterocycles. The van der Waals surface area contributed by atoms with Crippen LogP contribution in [-0.4, -0.2) is 35.2 Å². The van der Waals surface area contributed by atoms with Gasteiger partial charge in [0, 0.05) is 30.4 Å². The monoisotopic (exact) mass is 411 g/mol. The largest absolute Gasteiger partial charge is 0.348 e. The number of imidazole rings is 1. The van der Waals surface area contributed by atoms with Crippen LogP contribution in [0.1, 0.15) is 35.8 Å². The van der Waals surface area contributed by atoms with E-state index in [-0.39, 0.29) is 11.9 Å². The molecule has 0 aliphatic rings. The first-order valence-corrected chi connectivity index (χ1v) is 10.1. The Morgan fingerprint density at radius 2 is 1.90 bits per heavy atom. The third-order valence-corrected chi connectivity index (χ3v) is 5.15. The van der Waals surface area contributed by atoms with Crippen molar-refractivity contribution in [2.24, 2.45) is 0 Å². The molecule has 8 nitrogen and oxygen atoms in total. The number of hydrogen-bond acceptors (Lipinski definition) is 5. The molecule has 0 fully saturated rings. The Kier molecular flexibility index (Phi) is 4.66. The summed E-state index contributed by atoms with van der Waals surface area (Å²) in [4.78, 5) is 25.9. The van der Waals surface area contributed by atoms with E-state index in [0.717, 1.165) is 33.4 Å². The van der Waals surface area contributed by atoms with Crippen molar-refractivity contribution in [3.8, 4) is 5.82 Å². The minimum Gasteiger partial charge on any atom is -0.348 e. The lowest BCUT2D eigenvalue weighted by molar-refractivity contribution is 0.0950. The summed E-state index contributed by atoms with van der Waals surface area (Å²) in [6, 6.07) is 13.8. The van der Waals surface area contributed by atoms with Crippen LogP contribution in [0.25, 0.3) is 27.9 Å². The van der Waals surface area contributed by atoms with Gasteiger partial charge in [-0.25, -0.2) is 19.6 Å². The van der Waals surface area contributed by atoms with Crippen LogP contribution < -0.4 is 5.32 Å². The lowest BCUT2D eigenvalue weighted by Gasteiger charge is -2.08. The van der Waals surface area contributed by atoms with E-state index in [2.05, 4.69) is 25.4 Å². The Morgan fingerprint density at radius 3 is 2.71 bits per heavy atom. The lowest BCUT2D eigenvalue weighted by atomic mass is 10.2. The third kappa shape index (κ3) is 3.52. The van der Waals surface area contributed by atoms with Crippen LogP contribution >= 0.6 is 0 Å². The first kappa shape index (κ1) is 18.9. The maximum absolute atomic E-state index is 12.6. The Labute approximate surface area is 178 Å². The smallest absolute Gasteiger partial charge is 0.253 e. The highest BCUT2D eigenvalue weighted by molar-refractivity contribution is 5.96. The third-order valence-electron chi connectivity index (χ3n) is 5.15. The van der Waals surface area contributed by atoms with Crippen LogP contribution in [0.15, 0.2) is 67.4 Å². The summed E-state index contributed by atoms with van der Waals surface area (Å²) in [5.74, 6) is 0.594. The number of benzene rings is 1. The normalized spacial score (nSPS) is 11.5. The van der Waals surface area contributed by atoms with Gasteiger partial charge in [0.15, 0.2) is 5.65 Å². The van der Waals surface area contributed by atoms with Gasteiger partial charge >= 0.3 is 0 Å². The standard InChI is InChI=1S/C23H21N7O/c1-15(2)30-22-17(13-28-30)9-18(12-25-22)23(31)26-11-16-7-8-21(24-10-16)29-14-27-19-5-3-4-6-20(19)29/h3-10,12-15H,11H2,1-2H3,(H,26,31). The highest BCUT2D eigenvalue weighted by Crippen LogP contribution is 2.18. The molecular formula is C23H21N7O. The molecule has 4 heterocycles. The van der Waals surface area contributed by atoms with Crippen molar-refractivity contribution in [1.29, 1.82) is 0 Å². The number of pyridine rings is 2. The van der Waals surface area contributed by atoms with Crippen LogP contribution in [0.2, 0.25) is 0 Å². The Morgan fingerprint density at radius 1 is 1.03 bits per heavy atom. The number of para-hydroxylation sites is 2. The number of rotatable bonds is 5. The molecule has 0 bridgehead atoms. The maximum Gasteiger partial charge on any atom is 0.253 e. The zero-order valence-electron chi connectivity index (χ0n) is 17.2. The number of nitrogens with one attached hydrogen (secondary N) is 1. The zero-order chi connectivity index (χ0) is 21.4. The van der Waals surface area contributed by atoms with E-state index in [4.69, 9.17) is 0 Å². The minimum atomic E-state index is -0.184. The van der Waals surface area contributed by atoms with Crippen molar-refractivity contribution >= 4 is 28.0 Å². The fourth-order valence-electron chi connectivity index (χ4n) is 3.53. The predicted molar refractivity (Wildman–Crippen MR) is 118 cm³/mol. The Hall–Kier alpha value is -4.07. The molecule has 0 aliphatic heterocycles. The van der Waals surface area contributed by atoms with Crippen molar-refractivity contribution in [3.63, 3.8) is 0 Å². The maximum atomic E-state index is 12.6. The molecule has 1 aromatic carbocycles. The highest BCUT2D eigenvalue weighted by atomic mass is 16.1. The lowest BCUT2D eigenvalue weighted by Crippen LogP contribution is -2.23. The first-order valence-electron chi connectivity index (χ1n) is 10.1. The SMILES string of the molecule is CC(C)n1ncc2cc(C(=O)NCc3ccc(-n4cnc5ccccc54)nc3)cnc21. The van der Waals surface area contributed by atoms with Crippen molar-refractivity contribution < 1.29 is 4.79 Å². The van der Waals surface area contributed by atoms with E-state index in [1.807, 2.05) is 65.6 Å². The van der Waals surface area contributed by atoms with Gasteiger partial charge in [-0.1, -0.05) is 18.2 Å². The van der Waals surface area contributed by atoms with Crippen LogP contribution in [0.5, 0.6) is 0 Å². The van der Waals surface area contributed by atoms with E-state index in [9.17, 15) is 4.79 Å². The number of aromatic nitrogens is 6. The van der Waals surface area contributed by atoms with E-state index in [0.29, 0.717) is 12.1 Å². The molecule has 8 heteroatoms. The second kappa shape index (κ2) is 7.64. The highest BCUT2D eigenvalue weighted by Gasteiger charge is 2.12. The first-order chi connectivity index (χ1) is 15.1. The Bertz CT molecular complexity index is 1380. The number of fused-ring (bicyclic) bond motifs is 2. The van der Waals surface area contributed by atoms with Crippen molar-refractivity contribution in [3.05, 3.63) is 78.5 Å². The topological polar surface area (TPSA) is 90.5 Å². The average molecular weight is 411 g/mol. The van der Waals surface area contributed by atoms with Crippen LogP contribution in [0.3, 0.4) is 0 Å².